The molecule has 1 aromatic rings. The third-order valence-electron chi connectivity index (χ3n) is 2.76. The molecule has 0 saturated carbocycles. The van der Waals surface area contributed by atoms with Crippen molar-refractivity contribution in [3.05, 3.63) is 34.3 Å². The monoisotopic (exact) mass is 235 g/mol. The van der Waals surface area contributed by atoms with Gasteiger partial charge in [0.05, 0.1) is 0 Å². The smallest absolute Gasteiger partial charge is 0.0438 e. The van der Waals surface area contributed by atoms with E-state index in [-0.39, 0.29) is 0 Å². The second-order valence-corrected chi connectivity index (χ2v) is 4.35. The van der Waals surface area contributed by atoms with Crippen molar-refractivity contribution in [3.8, 4) is 12.3 Å². The number of hydrogen-bond donors (Lipinski definition) is 1. The fourth-order valence-corrected chi connectivity index (χ4v) is 1.90. The minimum absolute atomic E-state index is 0.339. The van der Waals surface area contributed by atoms with Crippen molar-refractivity contribution in [2.24, 2.45) is 0 Å². The van der Waals surface area contributed by atoms with Gasteiger partial charge in [-0.15, -0.1) is 12.3 Å². The molecule has 16 heavy (non-hydrogen) atoms. The van der Waals surface area contributed by atoms with Gasteiger partial charge in [-0.05, 0) is 44.0 Å². The molecule has 1 aromatic carbocycles. The van der Waals surface area contributed by atoms with E-state index < -0.39 is 0 Å². The molecule has 0 aliphatic heterocycles. The molecule has 0 saturated heterocycles. The van der Waals surface area contributed by atoms with E-state index in [9.17, 15) is 0 Å². The summed E-state index contributed by atoms with van der Waals surface area (Å²) >= 11 is 6.12. The van der Waals surface area contributed by atoms with Crippen molar-refractivity contribution in [1.82, 2.24) is 5.32 Å². The van der Waals surface area contributed by atoms with Gasteiger partial charge >= 0.3 is 0 Å². The quantitative estimate of drug-likeness (QED) is 0.606. The van der Waals surface area contributed by atoms with E-state index >= 15 is 0 Å². The summed E-state index contributed by atoms with van der Waals surface area (Å²) in [5, 5.41) is 4.13. The minimum atomic E-state index is 0.339. The van der Waals surface area contributed by atoms with E-state index in [0.717, 1.165) is 29.8 Å². The number of aryl methyl sites for hydroxylation is 1. The molecule has 1 rings (SSSR count). The van der Waals surface area contributed by atoms with Gasteiger partial charge in [-0.1, -0.05) is 23.7 Å². The van der Waals surface area contributed by atoms with Crippen LogP contribution in [-0.2, 0) is 0 Å². The lowest BCUT2D eigenvalue weighted by Gasteiger charge is -2.16. The van der Waals surface area contributed by atoms with Crippen molar-refractivity contribution in [2.75, 3.05) is 7.05 Å². The van der Waals surface area contributed by atoms with Crippen molar-refractivity contribution in [1.29, 1.82) is 0 Å². The highest BCUT2D eigenvalue weighted by molar-refractivity contribution is 6.31. The van der Waals surface area contributed by atoms with Crippen molar-refractivity contribution >= 4 is 11.6 Å². The Hall–Kier alpha value is -0.970. The highest BCUT2D eigenvalue weighted by atomic mass is 35.5. The third kappa shape index (κ3) is 3.56. The van der Waals surface area contributed by atoms with Crippen molar-refractivity contribution in [2.45, 2.75) is 32.2 Å². The summed E-state index contributed by atoms with van der Waals surface area (Å²) in [6.45, 7) is 2.01. The molecule has 1 N–H and O–H groups in total. The normalized spacial score (nSPS) is 12.1. The van der Waals surface area contributed by atoms with Gasteiger partial charge in [-0.25, -0.2) is 0 Å². The Balaban J connectivity index is 2.71. The van der Waals surface area contributed by atoms with Crippen LogP contribution in [-0.4, -0.2) is 7.05 Å². The molecule has 0 bridgehead atoms. The lowest BCUT2D eigenvalue weighted by molar-refractivity contribution is 0.532. The lowest BCUT2D eigenvalue weighted by atomic mass is 10.00. The molecule has 0 aromatic heterocycles. The molecule has 0 aliphatic carbocycles. The van der Waals surface area contributed by atoms with Crippen LogP contribution in [0.25, 0.3) is 0 Å². The summed E-state index contributed by atoms with van der Waals surface area (Å²) in [6.07, 6.45) is 8.16. The Bertz CT molecular complexity index is 379. The number of terminal acetylenes is 1. The van der Waals surface area contributed by atoms with Crippen LogP contribution >= 0.6 is 11.6 Å². The highest BCUT2D eigenvalue weighted by Crippen LogP contribution is 2.24. The summed E-state index contributed by atoms with van der Waals surface area (Å²) in [5.41, 5.74) is 2.35. The van der Waals surface area contributed by atoms with Gasteiger partial charge in [-0.3, -0.25) is 0 Å². The maximum absolute atomic E-state index is 6.12. The first-order valence-electron chi connectivity index (χ1n) is 5.55. The van der Waals surface area contributed by atoms with Crippen LogP contribution in [0.15, 0.2) is 18.2 Å². The van der Waals surface area contributed by atoms with Gasteiger partial charge in [0.2, 0.25) is 0 Å². The van der Waals surface area contributed by atoms with Crippen LogP contribution in [0.2, 0.25) is 5.02 Å². The molecule has 0 heterocycles. The fraction of sp³-hybridized carbons (Fsp3) is 0.429. The first kappa shape index (κ1) is 13.1. The van der Waals surface area contributed by atoms with Crippen LogP contribution in [0, 0.1) is 19.3 Å². The molecule has 0 amide bonds. The van der Waals surface area contributed by atoms with Gasteiger partial charge in [-0.2, -0.15) is 0 Å². The molecule has 2 heteroatoms. The Morgan fingerprint density at radius 2 is 2.25 bits per heavy atom. The maximum Gasteiger partial charge on any atom is 0.0438 e. The SMILES string of the molecule is C#CCCCC(NC)c1ccc(C)c(Cl)c1. The van der Waals surface area contributed by atoms with E-state index in [1.54, 1.807) is 0 Å². The number of unbranched alkanes of at least 4 members (excludes halogenated alkanes) is 1. The van der Waals surface area contributed by atoms with E-state index in [1.165, 1.54) is 5.56 Å². The summed E-state index contributed by atoms with van der Waals surface area (Å²) in [5.74, 6) is 2.67. The van der Waals surface area contributed by atoms with Gasteiger partial charge in [0.1, 0.15) is 0 Å². The van der Waals surface area contributed by atoms with Gasteiger partial charge in [0, 0.05) is 17.5 Å². The maximum atomic E-state index is 6.12. The molecule has 0 spiro atoms. The summed E-state index contributed by atoms with van der Waals surface area (Å²) < 4.78 is 0. The zero-order valence-corrected chi connectivity index (χ0v) is 10.6. The zero-order valence-electron chi connectivity index (χ0n) is 9.89. The summed E-state index contributed by atoms with van der Waals surface area (Å²) in [7, 11) is 1.97. The molecule has 0 fully saturated rings. The second kappa shape index (κ2) is 6.58. The number of halogens is 1. The first-order valence-corrected chi connectivity index (χ1v) is 5.93. The van der Waals surface area contributed by atoms with Crippen LogP contribution in [0.3, 0.4) is 0 Å². The Morgan fingerprint density at radius 1 is 1.50 bits per heavy atom. The highest BCUT2D eigenvalue weighted by Gasteiger charge is 2.09. The number of hydrogen-bond acceptors (Lipinski definition) is 1. The van der Waals surface area contributed by atoms with Crippen LogP contribution < -0.4 is 5.32 Å². The van der Waals surface area contributed by atoms with Crippen molar-refractivity contribution < 1.29 is 0 Å². The first-order chi connectivity index (χ1) is 7.69. The van der Waals surface area contributed by atoms with Crippen LogP contribution in [0.5, 0.6) is 0 Å². The van der Waals surface area contributed by atoms with E-state index in [1.807, 2.05) is 20.0 Å². The second-order valence-electron chi connectivity index (χ2n) is 3.95. The predicted octanol–water partition coefficient (Wildman–Crippen LogP) is 3.71. The van der Waals surface area contributed by atoms with Gasteiger partial charge in [0.15, 0.2) is 0 Å². The molecule has 0 aliphatic rings. The van der Waals surface area contributed by atoms with Gasteiger partial charge in [0.25, 0.3) is 0 Å². The number of benzene rings is 1. The molecule has 0 radical (unpaired) electrons. The van der Waals surface area contributed by atoms with E-state index in [0.29, 0.717) is 6.04 Å². The molecular formula is C14H18ClN. The zero-order chi connectivity index (χ0) is 12.0. The standard InChI is InChI=1S/C14H18ClN/c1-4-5-6-7-14(16-3)12-9-8-11(2)13(15)10-12/h1,8-10,14,16H,5-7H2,2-3H3. The molecular weight excluding hydrogens is 218 g/mol. The summed E-state index contributed by atoms with van der Waals surface area (Å²) in [4.78, 5) is 0. The molecule has 1 nitrogen and oxygen atoms in total. The van der Waals surface area contributed by atoms with E-state index in [2.05, 4.69) is 23.4 Å². The van der Waals surface area contributed by atoms with Crippen LogP contribution in [0.1, 0.15) is 36.4 Å². The average Bonchev–Trinajstić information content (AvgIpc) is 2.29. The fourth-order valence-electron chi connectivity index (χ4n) is 1.71. The largest absolute Gasteiger partial charge is 0.313 e. The Labute approximate surface area is 103 Å². The summed E-state index contributed by atoms with van der Waals surface area (Å²) in [6, 6.07) is 6.56. The lowest BCUT2D eigenvalue weighted by Crippen LogP contribution is -2.16. The van der Waals surface area contributed by atoms with Crippen molar-refractivity contribution in [3.63, 3.8) is 0 Å². The molecule has 1 unspecified atom stereocenters. The van der Waals surface area contributed by atoms with Crippen LogP contribution in [0.4, 0.5) is 0 Å². The number of nitrogens with one attached hydrogen (secondary N) is 1. The Kier molecular flexibility index (Phi) is 5.38. The predicted molar refractivity (Wildman–Crippen MR) is 70.7 cm³/mol. The van der Waals surface area contributed by atoms with E-state index in [4.69, 9.17) is 18.0 Å². The topological polar surface area (TPSA) is 12.0 Å². The Morgan fingerprint density at radius 3 is 2.81 bits per heavy atom. The van der Waals surface area contributed by atoms with Gasteiger partial charge < -0.3 is 5.32 Å². The average molecular weight is 236 g/mol. The third-order valence-corrected chi connectivity index (χ3v) is 3.17. The minimum Gasteiger partial charge on any atom is -0.313 e. The molecule has 1 atom stereocenters. The number of rotatable bonds is 5. The molecule has 86 valence electrons.